The molecule has 0 bridgehead atoms. The van der Waals surface area contributed by atoms with Gasteiger partial charge >= 0.3 is 23.9 Å². The Kier molecular flexibility index (Phi) is 10.3. The van der Waals surface area contributed by atoms with Gasteiger partial charge in [-0.2, -0.15) is 0 Å². The van der Waals surface area contributed by atoms with Crippen molar-refractivity contribution >= 4 is 23.9 Å². The summed E-state index contributed by atoms with van der Waals surface area (Å²) in [7, 11) is 0. The zero-order valence-corrected chi connectivity index (χ0v) is 19.8. The van der Waals surface area contributed by atoms with Crippen LogP contribution in [0.4, 0.5) is 0 Å². The lowest BCUT2D eigenvalue weighted by Crippen LogP contribution is -2.48. The summed E-state index contributed by atoms with van der Waals surface area (Å²) in [6.45, 7) is 6.90. The Labute approximate surface area is 199 Å². The predicted octanol–water partition coefficient (Wildman–Crippen LogP) is 4.12. The number of ether oxygens (including phenoxy) is 4. The second-order valence-electron chi connectivity index (χ2n) is 7.70. The van der Waals surface area contributed by atoms with E-state index in [-0.39, 0.29) is 11.1 Å². The molecule has 0 aliphatic heterocycles. The van der Waals surface area contributed by atoms with Crippen molar-refractivity contribution in [2.24, 2.45) is 0 Å². The van der Waals surface area contributed by atoms with E-state index in [0.717, 1.165) is 0 Å². The molecule has 2 unspecified atom stereocenters. The van der Waals surface area contributed by atoms with Gasteiger partial charge in [-0.15, -0.1) is 0 Å². The van der Waals surface area contributed by atoms with Crippen molar-refractivity contribution in [2.45, 2.75) is 65.0 Å². The van der Waals surface area contributed by atoms with Crippen molar-refractivity contribution in [3.05, 3.63) is 71.8 Å². The lowest BCUT2D eigenvalue weighted by molar-refractivity contribution is -0.179. The average Bonchev–Trinajstić information content (AvgIpc) is 2.86. The Balaban J connectivity index is 2.41. The van der Waals surface area contributed by atoms with Crippen LogP contribution in [0.5, 0.6) is 0 Å². The first-order valence-corrected chi connectivity index (χ1v) is 11.2. The number of esters is 4. The quantitative estimate of drug-likeness (QED) is 0.357. The van der Waals surface area contributed by atoms with E-state index < -0.39 is 48.3 Å². The highest BCUT2D eigenvalue weighted by Gasteiger charge is 2.44. The van der Waals surface area contributed by atoms with Crippen LogP contribution >= 0.6 is 0 Å². The van der Waals surface area contributed by atoms with Crippen LogP contribution in [0, 0.1) is 0 Å². The van der Waals surface area contributed by atoms with Crippen LogP contribution < -0.4 is 0 Å². The van der Waals surface area contributed by atoms with Crippen molar-refractivity contribution in [3.8, 4) is 0 Å². The molecule has 2 rings (SSSR count). The van der Waals surface area contributed by atoms with E-state index in [4.69, 9.17) is 18.9 Å². The first-order chi connectivity index (χ1) is 16.3. The SMILES string of the molecule is CCC(C)OC(=O)[C@@H](OC(=O)c1ccccc1)[C@H](OC(=O)c1ccccc1)C(=O)OC(C)CC. The van der Waals surface area contributed by atoms with Crippen molar-refractivity contribution in [1.29, 1.82) is 0 Å². The van der Waals surface area contributed by atoms with Gasteiger partial charge in [-0.3, -0.25) is 0 Å². The first kappa shape index (κ1) is 26.6. The largest absolute Gasteiger partial charge is 0.460 e. The van der Waals surface area contributed by atoms with Crippen LogP contribution in [0.1, 0.15) is 61.3 Å². The van der Waals surface area contributed by atoms with E-state index in [2.05, 4.69) is 0 Å². The third-order valence-corrected chi connectivity index (χ3v) is 5.01. The summed E-state index contributed by atoms with van der Waals surface area (Å²) in [5, 5.41) is 0. The molecule has 34 heavy (non-hydrogen) atoms. The second-order valence-corrected chi connectivity index (χ2v) is 7.70. The van der Waals surface area contributed by atoms with Crippen molar-refractivity contribution in [2.75, 3.05) is 0 Å². The second kappa shape index (κ2) is 13.1. The maximum absolute atomic E-state index is 13.0. The van der Waals surface area contributed by atoms with Crippen molar-refractivity contribution < 1.29 is 38.1 Å². The molecule has 0 spiro atoms. The Hall–Kier alpha value is -3.68. The molecule has 0 aliphatic rings. The molecule has 0 aliphatic carbocycles. The molecule has 2 aromatic carbocycles. The van der Waals surface area contributed by atoms with Crippen molar-refractivity contribution in [1.82, 2.24) is 0 Å². The van der Waals surface area contributed by atoms with Crippen LogP contribution in [0.2, 0.25) is 0 Å². The van der Waals surface area contributed by atoms with E-state index in [9.17, 15) is 19.2 Å². The van der Waals surface area contributed by atoms with Gasteiger partial charge in [-0.1, -0.05) is 50.2 Å². The van der Waals surface area contributed by atoms with E-state index in [1.807, 2.05) is 0 Å². The monoisotopic (exact) mass is 470 g/mol. The lowest BCUT2D eigenvalue weighted by atomic mass is 10.1. The summed E-state index contributed by atoms with van der Waals surface area (Å²) < 4.78 is 21.4. The minimum atomic E-state index is -1.87. The van der Waals surface area contributed by atoms with Crippen molar-refractivity contribution in [3.63, 3.8) is 0 Å². The molecule has 0 saturated carbocycles. The summed E-state index contributed by atoms with van der Waals surface area (Å²) >= 11 is 0. The van der Waals surface area contributed by atoms with E-state index in [1.165, 1.54) is 24.3 Å². The number of hydrogen-bond donors (Lipinski definition) is 0. The number of carbonyl (C=O) groups excluding carboxylic acids is 4. The minimum absolute atomic E-state index is 0.146. The summed E-state index contributed by atoms with van der Waals surface area (Å²) in [6.07, 6.45) is -3.83. The van der Waals surface area contributed by atoms with Crippen LogP contribution in [0.15, 0.2) is 60.7 Å². The van der Waals surface area contributed by atoms with Crippen LogP contribution in [0.3, 0.4) is 0 Å². The molecule has 0 amide bonds. The van der Waals surface area contributed by atoms with E-state index in [0.29, 0.717) is 12.8 Å². The van der Waals surface area contributed by atoms with E-state index in [1.54, 1.807) is 64.1 Å². The van der Waals surface area contributed by atoms with Gasteiger partial charge in [0.2, 0.25) is 12.2 Å². The molecule has 8 heteroatoms. The van der Waals surface area contributed by atoms with Gasteiger partial charge in [-0.05, 0) is 51.0 Å². The fraction of sp³-hybridized carbons (Fsp3) is 0.385. The highest BCUT2D eigenvalue weighted by Crippen LogP contribution is 2.17. The normalized spacial score (nSPS) is 14.1. The topological polar surface area (TPSA) is 105 Å². The molecule has 8 nitrogen and oxygen atoms in total. The van der Waals surface area contributed by atoms with Gasteiger partial charge in [0, 0.05) is 0 Å². The fourth-order valence-corrected chi connectivity index (χ4v) is 2.68. The standard InChI is InChI=1S/C26H30O8/c1-5-17(3)31-25(29)21(33-23(27)19-13-9-7-10-14-19)22(26(30)32-18(4)6-2)34-24(28)20-15-11-8-12-16-20/h7-18,21-22H,5-6H2,1-4H3/t17?,18?,21-,22-/m0/s1. The zero-order valence-electron chi connectivity index (χ0n) is 19.8. The number of benzene rings is 2. The Morgan fingerprint density at radius 1 is 0.588 bits per heavy atom. The average molecular weight is 471 g/mol. The molecule has 0 aromatic heterocycles. The molecule has 0 heterocycles. The Morgan fingerprint density at radius 3 is 1.21 bits per heavy atom. The minimum Gasteiger partial charge on any atom is -0.460 e. The molecule has 182 valence electrons. The van der Waals surface area contributed by atoms with Gasteiger partial charge in [0.05, 0.1) is 23.3 Å². The van der Waals surface area contributed by atoms with Crippen LogP contribution in [-0.4, -0.2) is 48.3 Å². The Morgan fingerprint density at radius 2 is 0.912 bits per heavy atom. The first-order valence-electron chi connectivity index (χ1n) is 11.2. The summed E-state index contributed by atoms with van der Waals surface area (Å²) in [6, 6.07) is 15.8. The molecule has 0 N–H and O–H groups in total. The third-order valence-electron chi connectivity index (χ3n) is 5.01. The van der Waals surface area contributed by atoms with Gasteiger partial charge in [0.25, 0.3) is 0 Å². The smallest absolute Gasteiger partial charge is 0.352 e. The highest BCUT2D eigenvalue weighted by molar-refractivity contribution is 5.96. The van der Waals surface area contributed by atoms with Gasteiger partial charge in [0.15, 0.2) is 0 Å². The molecule has 4 atom stereocenters. The Bertz CT molecular complexity index is 878. The van der Waals surface area contributed by atoms with Crippen LogP contribution in [0.25, 0.3) is 0 Å². The molecular weight excluding hydrogens is 440 g/mol. The molecule has 0 fully saturated rings. The molecule has 0 saturated heterocycles. The molecule has 2 aromatic rings. The number of carbonyl (C=O) groups is 4. The van der Waals surface area contributed by atoms with Gasteiger partial charge in [0.1, 0.15) is 0 Å². The maximum atomic E-state index is 13.0. The summed E-state index contributed by atoms with van der Waals surface area (Å²) in [5.74, 6) is -3.82. The fourth-order valence-electron chi connectivity index (χ4n) is 2.68. The third kappa shape index (κ3) is 7.72. The number of hydrogen-bond acceptors (Lipinski definition) is 8. The molecular formula is C26H30O8. The van der Waals surface area contributed by atoms with Gasteiger partial charge in [-0.25, -0.2) is 19.2 Å². The lowest BCUT2D eigenvalue weighted by Gasteiger charge is -2.26. The maximum Gasteiger partial charge on any atom is 0.352 e. The van der Waals surface area contributed by atoms with Crippen LogP contribution in [-0.2, 0) is 28.5 Å². The number of rotatable bonds is 11. The van der Waals surface area contributed by atoms with Gasteiger partial charge < -0.3 is 18.9 Å². The molecule has 0 radical (unpaired) electrons. The zero-order chi connectivity index (χ0) is 25.1. The van der Waals surface area contributed by atoms with E-state index >= 15 is 0 Å². The summed E-state index contributed by atoms with van der Waals surface area (Å²) in [4.78, 5) is 51.5. The predicted molar refractivity (Wildman–Crippen MR) is 123 cm³/mol. The summed E-state index contributed by atoms with van der Waals surface area (Å²) in [5.41, 5.74) is 0.291. The highest BCUT2D eigenvalue weighted by atomic mass is 16.6.